The predicted octanol–water partition coefficient (Wildman–Crippen LogP) is 7.53. The van der Waals surface area contributed by atoms with Crippen molar-refractivity contribution in [3.63, 3.8) is 0 Å². The summed E-state index contributed by atoms with van der Waals surface area (Å²) in [6.07, 6.45) is 0. The van der Waals surface area contributed by atoms with Crippen molar-refractivity contribution in [1.29, 1.82) is 0 Å². The number of halogens is 1. The lowest BCUT2D eigenvalue weighted by Gasteiger charge is -2.09. The van der Waals surface area contributed by atoms with Crippen molar-refractivity contribution in [2.75, 3.05) is 0 Å². The van der Waals surface area contributed by atoms with Crippen LogP contribution in [-0.4, -0.2) is 0 Å². The first kappa shape index (κ1) is 14.0. The highest BCUT2D eigenvalue weighted by molar-refractivity contribution is 7.26. The van der Waals surface area contributed by atoms with Gasteiger partial charge in [-0.15, -0.1) is 11.3 Å². The summed E-state index contributed by atoms with van der Waals surface area (Å²) in [5.74, 6) is 0. The van der Waals surface area contributed by atoms with E-state index in [0.29, 0.717) is 0 Å². The summed E-state index contributed by atoms with van der Waals surface area (Å²) in [5.41, 5.74) is 2.50. The summed E-state index contributed by atoms with van der Waals surface area (Å²) < 4.78 is 2.56. The minimum Gasteiger partial charge on any atom is -0.134 e. The third-order valence-corrected chi connectivity index (χ3v) is 6.06. The highest BCUT2D eigenvalue weighted by atomic mass is 35.5. The van der Waals surface area contributed by atoms with Gasteiger partial charge < -0.3 is 0 Å². The number of benzene rings is 4. The fourth-order valence-electron chi connectivity index (χ4n) is 3.46. The zero-order valence-corrected chi connectivity index (χ0v) is 14.4. The van der Waals surface area contributed by atoms with Crippen molar-refractivity contribution in [1.82, 2.24) is 0 Å². The molecule has 24 heavy (non-hydrogen) atoms. The van der Waals surface area contributed by atoms with Gasteiger partial charge >= 0.3 is 0 Å². The van der Waals surface area contributed by atoms with Crippen LogP contribution in [0.4, 0.5) is 0 Å². The third kappa shape index (κ3) is 1.99. The average molecular weight is 345 g/mol. The van der Waals surface area contributed by atoms with Crippen LogP contribution < -0.4 is 0 Å². The van der Waals surface area contributed by atoms with Crippen LogP contribution in [0.2, 0.25) is 5.02 Å². The van der Waals surface area contributed by atoms with Gasteiger partial charge in [0.1, 0.15) is 0 Å². The number of thiophene rings is 1. The van der Waals surface area contributed by atoms with Crippen LogP contribution >= 0.6 is 22.9 Å². The molecular weight excluding hydrogens is 332 g/mol. The highest BCUT2D eigenvalue weighted by Gasteiger charge is 2.14. The van der Waals surface area contributed by atoms with Crippen molar-refractivity contribution in [2.24, 2.45) is 0 Å². The average Bonchev–Trinajstić information content (AvgIpc) is 3.02. The van der Waals surface area contributed by atoms with Gasteiger partial charge in [0, 0.05) is 30.6 Å². The minimum atomic E-state index is 0.827. The first-order valence-electron chi connectivity index (χ1n) is 7.91. The molecule has 0 atom stereocenters. The van der Waals surface area contributed by atoms with Crippen LogP contribution in [0.25, 0.3) is 42.1 Å². The van der Waals surface area contributed by atoms with E-state index in [2.05, 4.69) is 66.7 Å². The Balaban J connectivity index is 2.04. The molecule has 0 unspecified atom stereocenters. The van der Waals surface area contributed by atoms with Crippen LogP contribution in [0.3, 0.4) is 0 Å². The molecule has 0 saturated carbocycles. The maximum atomic E-state index is 6.53. The van der Waals surface area contributed by atoms with Gasteiger partial charge in [-0.1, -0.05) is 72.3 Å². The number of hydrogen-bond acceptors (Lipinski definition) is 1. The van der Waals surface area contributed by atoms with Crippen LogP contribution in [0.1, 0.15) is 0 Å². The van der Waals surface area contributed by atoms with Crippen LogP contribution in [-0.2, 0) is 0 Å². The maximum Gasteiger partial charge on any atom is 0.0499 e. The number of hydrogen-bond donors (Lipinski definition) is 0. The second kappa shape index (κ2) is 5.34. The molecule has 0 aliphatic rings. The van der Waals surface area contributed by atoms with Gasteiger partial charge in [0.15, 0.2) is 0 Å². The van der Waals surface area contributed by atoms with E-state index in [1.807, 2.05) is 23.5 Å². The first-order valence-corrected chi connectivity index (χ1v) is 9.10. The van der Waals surface area contributed by atoms with Crippen LogP contribution in [0.5, 0.6) is 0 Å². The summed E-state index contributed by atoms with van der Waals surface area (Å²) in [4.78, 5) is 0. The minimum absolute atomic E-state index is 0.827. The fraction of sp³-hybridized carbons (Fsp3) is 0. The van der Waals surface area contributed by atoms with Crippen molar-refractivity contribution in [2.45, 2.75) is 0 Å². The lowest BCUT2D eigenvalue weighted by molar-refractivity contribution is 1.67. The highest BCUT2D eigenvalue weighted by Crippen LogP contribution is 2.44. The SMILES string of the molecule is Clc1cccc2sc3c4ccccc4c(-c4ccccc4)cc3c12. The molecule has 0 fully saturated rings. The summed E-state index contributed by atoms with van der Waals surface area (Å²) in [5, 5.41) is 5.83. The summed E-state index contributed by atoms with van der Waals surface area (Å²) in [7, 11) is 0. The van der Waals surface area contributed by atoms with E-state index in [4.69, 9.17) is 11.6 Å². The van der Waals surface area contributed by atoms with Gasteiger partial charge in [-0.2, -0.15) is 0 Å². The van der Waals surface area contributed by atoms with Crippen molar-refractivity contribution >= 4 is 53.9 Å². The molecule has 114 valence electrons. The predicted molar refractivity (Wildman–Crippen MR) is 107 cm³/mol. The van der Waals surface area contributed by atoms with E-state index in [1.165, 1.54) is 42.1 Å². The quantitative estimate of drug-likeness (QED) is 0.295. The molecule has 0 radical (unpaired) electrons. The fourth-order valence-corrected chi connectivity index (χ4v) is 5.04. The monoisotopic (exact) mass is 344 g/mol. The molecule has 0 nitrogen and oxygen atoms in total. The van der Waals surface area contributed by atoms with Gasteiger partial charge in [-0.3, -0.25) is 0 Å². The maximum absolute atomic E-state index is 6.53. The summed E-state index contributed by atoms with van der Waals surface area (Å²) >= 11 is 8.36. The Morgan fingerprint density at radius 2 is 1.42 bits per heavy atom. The smallest absolute Gasteiger partial charge is 0.0499 e. The largest absolute Gasteiger partial charge is 0.134 e. The Morgan fingerprint density at radius 1 is 0.667 bits per heavy atom. The molecule has 0 spiro atoms. The van der Waals surface area contributed by atoms with E-state index >= 15 is 0 Å². The van der Waals surface area contributed by atoms with E-state index in [9.17, 15) is 0 Å². The topological polar surface area (TPSA) is 0 Å². The van der Waals surface area contributed by atoms with Gasteiger partial charge in [-0.05, 0) is 34.7 Å². The van der Waals surface area contributed by atoms with Gasteiger partial charge in [0.25, 0.3) is 0 Å². The molecular formula is C22H13ClS. The van der Waals surface area contributed by atoms with Crippen LogP contribution in [0.15, 0.2) is 78.9 Å². The van der Waals surface area contributed by atoms with Crippen molar-refractivity contribution < 1.29 is 0 Å². The molecule has 0 saturated heterocycles. The normalized spacial score (nSPS) is 11.5. The number of fused-ring (bicyclic) bond motifs is 5. The molecule has 0 aliphatic carbocycles. The second-order valence-electron chi connectivity index (χ2n) is 5.93. The zero-order chi connectivity index (χ0) is 16.1. The third-order valence-electron chi connectivity index (χ3n) is 4.54. The zero-order valence-electron chi connectivity index (χ0n) is 12.8. The van der Waals surface area contributed by atoms with E-state index in [-0.39, 0.29) is 0 Å². The molecule has 2 heteroatoms. The Bertz CT molecular complexity index is 1200. The first-order chi connectivity index (χ1) is 11.8. The molecule has 5 rings (SSSR count). The molecule has 1 aromatic heterocycles. The Labute approximate surface area is 148 Å². The Morgan fingerprint density at radius 3 is 2.25 bits per heavy atom. The van der Waals surface area contributed by atoms with Gasteiger partial charge in [-0.25, -0.2) is 0 Å². The van der Waals surface area contributed by atoms with Gasteiger partial charge in [0.2, 0.25) is 0 Å². The summed E-state index contributed by atoms with van der Waals surface area (Å²) in [6, 6.07) is 27.7. The molecule has 4 aromatic carbocycles. The molecule has 0 N–H and O–H groups in total. The molecule has 0 aliphatic heterocycles. The Kier molecular flexibility index (Phi) is 3.12. The lowest BCUT2D eigenvalue weighted by Crippen LogP contribution is -1.82. The van der Waals surface area contributed by atoms with E-state index < -0.39 is 0 Å². The molecule has 0 bridgehead atoms. The molecule has 1 heterocycles. The summed E-state index contributed by atoms with van der Waals surface area (Å²) in [6.45, 7) is 0. The van der Waals surface area contributed by atoms with Crippen molar-refractivity contribution in [3.8, 4) is 11.1 Å². The van der Waals surface area contributed by atoms with E-state index in [1.54, 1.807) is 0 Å². The molecule has 0 amide bonds. The van der Waals surface area contributed by atoms with Crippen molar-refractivity contribution in [3.05, 3.63) is 83.9 Å². The van der Waals surface area contributed by atoms with E-state index in [0.717, 1.165) is 5.02 Å². The Hall–Kier alpha value is -2.35. The van der Waals surface area contributed by atoms with Gasteiger partial charge in [0.05, 0.1) is 0 Å². The lowest BCUT2D eigenvalue weighted by atomic mass is 9.95. The second-order valence-corrected chi connectivity index (χ2v) is 7.39. The van der Waals surface area contributed by atoms with Crippen LogP contribution in [0, 0.1) is 0 Å². The standard InChI is InChI=1S/C22H13ClS/c23-19-11-6-12-20-21(19)18-13-17(14-7-2-1-3-8-14)15-9-4-5-10-16(15)22(18)24-20/h1-13H. The molecule has 5 aromatic rings. The number of rotatable bonds is 1.